The van der Waals surface area contributed by atoms with Crippen LogP contribution in [0.3, 0.4) is 0 Å². The van der Waals surface area contributed by atoms with E-state index in [2.05, 4.69) is 0 Å². The highest BCUT2D eigenvalue weighted by Gasteiger charge is 2.55. The molecule has 0 aromatic heterocycles. The van der Waals surface area contributed by atoms with Crippen LogP contribution in [0.2, 0.25) is 0 Å². The van der Waals surface area contributed by atoms with Gasteiger partial charge in [-0.1, -0.05) is 250 Å². The van der Waals surface area contributed by atoms with Gasteiger partial charge < -0.3 is 57.5 Å². The van der Waals surface area contributed by atoms with Gasteiger partial charge in [0.1, 0.15) is 0 Å². The highest BCUT2D eigenvalue weighted by Crippen LogP contribution is 2.62. The second kappa shape index (κ2) is 37.1. The number of hydrogen-bond donors (Lipinski definition) is 4. The van der Waals surface area contributed by atoms with Crippen LogP contribution in [0.5, 0.6) is 0 Å². The molecule has 100 heavy (non-hydrogen) atoms. The molecule has 4 aliphatic rings. The minimum atomic E-state index is -3.41. The lowest BCUT2D eigenvalue weighted by molar-refractivity contribution is -0.0938. The fourth-order valence-electron chi connectivity index (χ4n) is 13.3. The van der Waals surface area contributed by atoms with Crippen molar-refractivity contribution in [1.82, 2.24) is 0 Å². The largest absolute Gasteiger partial charge is 0.380 e. The average molecular weight is 1440 g/mol. The first kappa shape index (κ1) is 78.3. The summed E-state index contributed by atoms with van der Waals surface area (Å²) in [5.41, 5.74) is 4.10. The number of benzene rings is 8. The zero-order valence-corrected chi connectivity index (χ0v) is 62.0. The lowest BCUT2D eigenvalue weighted by atomic mass is 9.96. The van der Waals surface area contributed by atoms with Gasteiger partial charge in [0.25, 0.3) is 29.5 Å². The van der Waals surface area contributed by atoms with Crippen LogP contribution in [0.1, 0.15) is 103 Å². The van der Waals surface area contributed by atoms with Crippen LogP contribution in [0.15, 0.2) is 243 Å². The van der Waals surface area contributed by atoms with Crippen LogP contribution in [0.4, 0.5) is 0 Å². The van der Waals surface area contributed by atoms with Crippen molar-refractivity contribution in [2.45, 2.75) is 180 Å². The van der Waals surface area contributed by atoms with Gasteiger partial charge in [0, 0.05) is 44.9 Å². The molecule has 4 saturated heterocycles. The van der Waals surface area contributed by atoms with Crippen molar-refractivity contribution in [3.8, 4) is 0 Å². The van der Waals surface area contributed by atoms with Crippen molar-refractivity contribution >= 4 is 50.7 Å². The van der Waals surface area contributed by atoms with E-state index < -0.39 is 77.3 Å². The third-order valence-electron chi connectivity index (χ3n) is 19.4. The molecule has 20 heteroatoms. The van der Waals surface area contributed by atoms with Gasteiger partial charge in [-0.05, 0) is 96.5 Å². The molecule has 16 nitrogen and oxygen atoms in total. The molecule has 20 atom stereocenters. The first-order valence-electron chi connectivity index (χ1n) is 34.9. The Morgan fingerprint density at radius 2 is 0.420 bits per heavy atom. The topological polar surface area (TPSA) is 223 Å². The maximum atomic E-state index is 13.6. The second-order valence-corrected chi connectivity index (χ2v) is 35.9. The molecule has 536 valence electrons. The smallest absolute Gasteiger partial charge is 0.262 e. The SMILES string of the molecule is CC[C@H]1O[P@@](=O)(c2ccccc2)[C@@H](O)[C@@H](OCc2ccccc2)[C@@H]1C.CC[C@H]1O[P@@](=O)(c2ccccc2)[C@H](O)[C@@H](OCc2ccccc2)[C@@H]1C.CC[C@H]1O[P@](=O)(c2ccccc2)[C@@H](O)[C@@H](OCc2ccccc2)[C@@H]1C.CC[C@H]1O[P@](=O)(c2ccccc2)[C@H](O)[C@@H](OCc2ccccc2)[C@@H]1C. The summed E-state index contributed by atoms with van der Waals surface area (Å²) in [4.78, 5) is 0. The van der Waals surface area contributed by atoms with Crippen LogP contribution in [-0.4, -0.2) is 92.6 Å². The molecule has 0 saturated carbocycles. The first-order chi connectivity index (χ1) is 48.2. The molecule has 8 aromatic carbocycles. The Morgan fingerprint density at radius 1 is 0.270 bits per heavy atom. The maximum Gasteiger partial charge on any atom is 0.262 e. The van der Waals surface area contributed by atoms with Crippen LogP contribution < -0.4 is 21.2 Å². The molecule has 0 unspecified atom stereocenters. The van der Waals surface area contributed by atoms with Crippen molar-refractivity contribution in [2.75, 3.05) is 0 Å². The summed E-state index contributed by atoms with van der Waals surface area (Å²) in [5.74, 6) is -4.87. The maximum absolute atomic E-state index is 13.6. The third-order valence-corrected chi connectivity index (χ3v) is 29.7. The van der Waals surface area contributed by atoms with Crippen molar-refractivity contribution in [3.63, 3.8) is 0 Å². The van der Waals surface area contributed by atoms with Gasteiger partial charge in [-0.15, -0.1) is 0 Å². The summed E-state index contributed by atoms with van der Waals surface area (Å²) in [6.07, 6.45) is -0.127. The number of aliphatic hydroxyl groups excluding tert-OH is 4. The van der Waals surface area contributed by atoms with E-state index in [1.807, 2.05) is 250 Å². The molecule has 0 spiro atoms. The van der Waals surface area contributed by atoms with Gasteiger partial charge in [-0.3, -0.25) is 18.3 Å². The monoisotopic (exact) mass is 1440 g/mol. The minimum absolute atomic E-state index is 0.0468. The molecule has 4 fully saturated rings. The molecule has 0 bridgehead atoms. The van der Waals surface area contributed by atoms with E-state index in [1.54, 1.807) is 48.5 Å². The van der Waals surface area contributed by atoms with Gasteiger partial charge in [-0.2, -0.15) is 0 Å². The van der Waals surface area contributed by atoms with E-state index in [0.717, 1.165) is 47.9 Å². The zero-order valence-electron chi connectivity index (χ0n) is 58.5. The first-order valence-corrected chi connectivity index (χ1v) is 41.7. The molecular weight excluding hydrogens is 1340 g/mol. The van der Waals surface area contributed by atoms with E-state index in [9.17, 15) is 38.7 Å². The summed E-state index contributed by atoms with van der Waals surface area (Å²) in [7, 11) is -13.7. The summed E-state index contributed by atoms with van der Waals surface area (Å²) in [6, 6.07) is 75.1. The Balaban J connectivity index is 0.000000156. The summed E-state index contributed by atoms with van der Waals surface area (Å²) in [5, 5.41) is 45.7. The predicted molar refractivity (Wildman–Crippen MR) is 396 cm³/mol. The Labute approximate surface area is 591 Å². The molecule has 4 aliphatic heterocycles. The fourth-order valence-corrected chi connectivity index (χ4v) is 23.9. The van der Waals surface area contributed by atoms with Gasteiger partial charge in [0.2, 0.25) is 0 Å². The van der Waals surface area contributed by atoms with Gasteiger partial charge >= 0.3 is 0 Å². The van der Waals surface area contributed by atoms with E-state index in [4.69, 9.17) is 37.0 Å². The summed E-state index contributed by atoms with van der Waals surface area (Å²) >= 11 is 0. The lowest BCUT2D eigenvalue weighted by Crippen LogP contribution is -2.48. The quantitative estimate of drug-likeness (QED) is 0.0521. The predicted octanol–water partition coefficient (Wildman–Crippen LogP) is 15.8. The molecule has 4 N–H and O–H groups in total. The van der Waals surface area contributed by atoms with E-state index in [-0.39, 0.29) is 48.1 Å². The van der Waals surface area contributed by atoms with Crippen molar-refractivity contribution < 1.29 is 75.7 Å². The highest BCUT2D eigenvalue weighted by atomic mass is 31.2. The zero-order chi connectivity index (χ0) is 71.5. The number of rotatable bonds is 20. The molecule has 0 radical (unpaired) electrons. The minimum Gasteiger partial charge on any atom is -0.380 e. The van der Waals surface area contributed by atoms with E-state index in [0.29, 0.717) is 47.6 Å². The Kier molecular flexibility index (Phi) is 29.0. The number of ether oxygens (including phenoxy) is 4. The van der Waals surface area contributed by atoms with E-state index >= 15 is 0 Å². The average Bonchev–Trinajstić information content (AvgIpc) is 0.782. The van der Waals surface area contributed by atoms with Crippen LogP contribution >= 0.6 is 29.5 Å². The molecule has 4 heterocycles. The van der Waals surface area contributed by atoms with Crippen molar-refractivity contribution in [3.05, 3.63) is 265 Å². The third kappa shape index (κ3) is 18.8. The van der Waals surface area contributed by atoms with Gasteiger partial charge in [0.05, 0.1) is 75.3 Å². The molecule has 12 rings (SSSR count). The molecule has 8 aromatic rings. The number of aliphatic hydroxyl groups is 4. The Hall–Kier alpha value is -5.80. The van der Waals surface area contributed by atoms with Gasteiger partial charge in [0.15, 0.2) is 23.4 Å². The van der Waals surface area contributed by atoms with E-state index in [1.165, 1.54) is 0 Å². The molecule has 0 amide bonds. The van der Waals surface area contributed by atoms with Crippen LogP contribution in [-0.2, 0) is 81.7 Å². The Morgan fingerprint density at radius 3 is 0.570 bits per heavy atom. The molecule has 0 aliphatic carbocycles. The fraction of sp³-hybridized carbons (Fsp3) is 0.400. The normalized spacial score (nSPS) is 32.4. The Bertz CT molecular complexity index is 3380. The second-order valence-electron chi connectivity index (χ2n) is 26.1. The van der Waals surface area contributed by atoms with Crippen molar-refractivity contribution in [1.29, 1.82) is 0 Å². The standard InChI is InChI=1S/4C20H25O4P/c4*1-3-18-15(2)19(23-14-16-10-6-4-7-11-16)20(21)25(22,24-18)17-12-8-5-9-13-17/h4*4-13,15,18-21H,3,14H2,1-2H3/t15-,18-,19+,20+,25+;15-,18-,19+,20+,25-;15-,18-,19+,20-,25+;15-,18-,19+,20-,25-/m1111/s1. The summed E-state index contributed by atoms with van der Waals surface area (Å²) in [6.45, 7) is 17.5. The molecular formula is C80H100O16P4. The van der Waals surface area contributed by atoms with Crippen molar-refractivity contribution in [2.24, 2.45) is 23.7 Å². The highest BCUT2D eigenvalue weighted by molar-refractivity contribution is 7.68. The van der Waals surface area contributed by atoms with Gasteiger partial charge in [-0.25, -0.2) is 0 Å². The lowest BCUT2D eigenvalue weighted by Gasteiger charge is -2.43. The summed E-state index contributed by atoms with van der Waals surface area (Å²) < 4.78 is 102. The number of hydrogen-bond acceptors (Lipinski definition) is 16. The van der Waals surface area contributed by atoms with Crippen LogP contribution in [0, 0.1) is 23.7 Å². The van der Waals surface area contributed by atoms with Crippen LogP contribution in [0.25, 0.3) is 0 Å².